The summed E-state index contributed by atoms with van der Waals surface area (Å²) in [6.45, 7) is 2.06. The van der Waals surface area contributed by atoms with E-state index in [2.05, 4.69) is 0 Å². The van der Waals surface area contributed by atoms with Gasteiger partial charge < -0.3 is 20.3 Å². The molecule has 10 heteroatoms. The normalized spacial score (nSPS) is 21.4. The molecule has 9 nitrogen and oxygen atoms in total. The fourth-order valence-corrected chi connectivity index (χ4v) is 5.10. The predicted molar refractivity (Wildman–Crippen MR) is 102 cm³/mol. The lowest BCUT2D eigenvalue weighted by molar-refractivity contribution is -0.138. The first-order valence-corrected chi connectivity index (χ1v) is 10.7. The number of nitrogens with two attached hydrogens (primary N) is 1. The van der Waals surface area contributed by atoms with Crippen LogP contribution in [0.2, 0.25) is 0 Å². The van der Waals surface area contributed by atoms with E-state index in [1.54, 1.807) is 17.0 Å². The highest BCUT2D eigenvalue weighted by atomic mass is 32.2. The van der Waals surface area contributed by atoms with E-state index in [-0.39, 0.29) is 29.8 Å². The quantitative estimate of drug-likeness (QED) is 0.768. The Morgan fingerprint density at radius 1 is 1.04 bits per heavy atom. The van der Waals surface area contributed by atoms with Crippen LogP contribution in [0.4, 0.5) is 4.79 Å². The molecule has 0 aliphatic carbocycles. The van der Waals surface area contributed by atoms with Gasteiger partial charge in [-0.3, -0.25) is 4.79 Å². The molecule has 3 rings (SSSR count). The number of urea groups is 1. The van der Waals surface area contributed by atoms with Crippen molar-refractivity contribution in [2.75, 3.05) is 46.4 Å². The van der Waals surface area contributed by atoms with Crippen LogP contribution in [0.5, 0.6) is 5.75 Å². The zero-order valence-electron chi connectivity index (χ0n) is 15.9. The van der Waals surface area contributed by atoms with Crippen LogP contribution in [0, 0.1) is 5.92 Å². The number of ether oxygens (including phenoxy) is 1. The largest absolute Gasteiger partial charge is 0.497 e. The second kappa shape index (κ2) is 8.36. The number of nitrogens with zero attached hydrogens (tertiary/aromatic N) is 3. The summed E-state index contributed by atoms with van der Waals surface area (Å²) in [5.74, 6) is 0.283. The van der Waals surface area contributed by atoms with E-state index >= 15 is 0 Å². The van der Waals surface area contributed by atoms with Crippen LogP contribution in [0.25, 0.3) is 0 Å². The molecule has 2 aliphatic rings. The van der Waals surface area contributed by atoms with Crippen molar-refractivity contribution in [3.05, 3.63) is 24.3 Å². The third kappa shape index (κ3) is 4.22. The molecule has 1 atom stereocenters. The van der Waals surface area contributed by atoms with E-state index < -0.39 is 16.1 Å². The maximum Gasteiger partial charge on any atom is 0.314 e. The summed E-state index contributed by atoms with van der Waals surface area (Å²) < 4.78 is 32.1. The second-order valence-electron chi connectivity index (χ2n) is 7.03. The number of carbonyl (C=O) groups is 2. The van der Waals surface area contributed by atoms with E-state index in [4.69, 9.17) is 10.5 Å². The Morgan fingerprint density at radius 3 is 2.25 bits per heavy atom. The third-order valence-electron chi connectivity index (χ3n) is 5.33. The number of hydrogen-bond acceptors (Lipinski definition) is 5. The molecule has 2 heterocycles. The summed E-state index contributed by atoms with van der Waals surface area (Å²) in [4.78, 5) is 27.5. The SMILES string of the molecule is COc1ccc(S(=O)(=O)N2CCN(C(=O)[C@H]3CCCN(C(N)=O)C3)CC2)cc1. The number of primary amides is 1. The van der Waals surface area contributed by atoms with E-state index in [1.165, 1.54) is 28.4 Å². The van der Waals surface area contributed by atoms with Gasteiger partial charge in [0.15, 0.2) is 0 Å². The second-order valence-corrected chi connectivity index (χ2v) is 8.97. The van der Waals surface area contributed by atoms with Crippen LogP contribution in [0.3, 0.4) is 0 Å². The lowest BCUT2D eigenvalue weighted by Crippen LogP contribution is -2.54. The fraction of sp³-hybridized carbons (Fsp3) is 0.556. The van der Waals surface area contributed by atoms with Crippen molar-refractivity contribution in [2.24, 2.45) is 11.7 Å². The molecule has 2 N–H and O–H groups in total. The number of benzene rings is 1. The summed E-state index contributed by atoms with van der Waals surface area (Å²) in [5, 5.41) is 0. The van der Waals surface area contributed by atoms with Gasteiger partial charge in [0, 0.05) is 39.3 Å². The molecule has 0 saturated carbocycles. The molecular weight excluding hydrogens is 384 g/mol. The monoisotopic (exact) mass is 410 g/mol. The van der Waals surface area contributed by atoms with Gasteiger partial charge in [-0.1, -0.05) is 0 Å². The zero-order chi connectivity index (χ0) is 20.3. The summed E-state index contributed by atoms with van der Waals surface area (Å²) in [7, 11) is -2.09. The smallest absolute Gasteiger partial charge is 0.314 e. The van der Waals surface area contributed by atoms with Gasteiger partial charge in [-0.05, 0) is 37.1 Å². The van der Waals surface area contributed by atoms with Gasteiger partial charge in [0.05, 0.1) is 17.9 Å². The molecule has 3 amide bonds. The molecule has 0 unspecified atom stereocenters. The zero-order valence-corrected chi connectivity index (χ0v) is 16.7. The van der Waals surface area contributed by atoms with Crippen LogP contribution in [-0.2, 0) is 14.8 Å². The highest BCUT2D eigenvalue weighted by Crippen LogP contribution is 2.23. The number of piperidine rings is 1. The summed E-state index contributed by atoms with van der Waals surface area (Å²) in [5.41, 5.74) is 5.33. The highest BCUT2D eigenvalue weighted by molar-refractivity contribution is 7.89. The Balaban J connectivity index is 1.60. The lowest BCUT2D eigenvalue weighted by Gasteiger charge is -2.38. The number of methoxy groups -OCH3 is 1. The molecule has 2 aliphatic heterocycles. The fourth-order valence-electron chi connectivity index (χ4n) is 3.68. The molecule has 0 spiro atoms. The van der Waals surface area contributed by atoms with Crippen LogP contribution in [0.15, 0.2) is 29.2 Å². The van der Waals surface area contributed by atoms with Crippen molar-refractivity contribution in [2.45, 2.75) is 17.7 Å². The molecule has 1 aromatic rings. The van der Waals surface area contributed by atoms with Gasteiger partial charge >= 0.3 is 6.03 Å². The molecule has 2 fully saturated rings. The van der Waals surface area contributed by atoms with E-state index in [0.29, 0.717) is 38.3 Å². The van der Waals surface area contributed by atoms with Gasteiger partial charge in [-0.2, -0.15) is 4.31 Å². The molecule has 0 aromatic heterocycles. The minimum absolute atomic E-state index is 0.0348. The minimum Gasteiger partial charge on any atom is -0.497 e. The summed E-state index contributed by atoms with van der Waals surface area (Å²) >= 11 is 0. The number of carbonyl (C=O) groups excluding carboxylic acids is 2. The van der Waals surface area contributed by atoms with Crippen molar-refractivity contribution in [3.63, 3.8) is 0 Å². The number of rotatable bonds is 4. The standard InChI is InChI=1S/C18H26N4O5S/c1-27-15-4-6-16(7-5-15)28(25,26)22-11-9-20(10-12-22)17(23)14-3-2-8-21(13-14)18(19)24/h4-7,14H,2-3,8-13H2,1H3,(H2,19,24)/t14-/m0/s1. The third-order valence-corrected chi connectivity index (χ3v) is 7.24. The Bertz CT molecular complexity index is 819. The average molecular weight is 410 g/mol. The summed E-state index contributed by atoms with van der Waals surface area (Å²) in [6.07, 6.45) is 1.46. The number of likely N-dealkylation sites (tertiary alicyclic amines) is 1. The Hall–Kier alpha value is -2.33. The van der Waals surface area contributed by atoms with Gasteiger partial charge in [0.1, 0.15) is 5.75 Å². The number of sulfonamides is 1. The maximum absolute atomic E-state index is 12.8. The average Bonchev–Trinajstić information content (AvgIpc) is 2.73. The first-order chi connectivity index (χ1) is 13.3. The number of hydrogen-bond donors (Lipinski definition) is 1. The Kier molecular flexibility index (Phi) is 6.09. The predicted octanol–water partition coefficient (Wildman–Crippen LogP) is 0.319. The minimum atomic E-state index is -3.61. The van der Waals surface area contributed by atoms with Crippen molar-refractivity contribution < 1.29 is 22.7 Å². The molecule has 0 radical (unpaired) electrons. The first kappa shape index (κ1) is 20.4. The van der Waals surface area contributed by atoms with Crippen LogP contribution < -0.4 is 10.5 Å². The van der Waals surface area contributed by atoms with E-state index in [9.17, 15) is 18.0 Å². The van der Waals surface area contributed by atoms with Crippen LogP contribution in [-0.4, -0.2) is 80.8 Å². The Morgan fingerprint density at radius 2 is 1.68 bits per heavy atom. The lowest BCUT2D eigenvalue weighted by atomic mass is 9.96. The van der Waals surface area contributed by atoms with Crippen molar-refractivity contribution in [1.82, 2.24) is 14.1 Å². The highest BCUT2D eigenvalue weighted by Gasteiger charge is 2.34. The van der Waals surface area contributed by atoms with Gasteiger partial charge in [-0.25, -0.2) is 13.2 Å². The number of piperazine rings is 1. The summed E-state index contributed by atoms with van der Waals surface area (Å²) in [6, 6.07) is 5.76. The topological polar surface area (TPSA) is 113 Å². The number of amides is 3. The van der Waals surface area contributed by atoms with Crippen LogP contribution >= 0.6 is 0 Å². The molecule has 1 aromatic carbocycles. The Labute approximate surface area is 165 Å². The van der Waals surface area contributed by atoms with Crippen LogP contribution in [0.1, 0.15) is 12.8 Å². The van der Waals surface area contributed by atoms with E-state index in [1.807, 2.05) is 0 Å². The molecule has 0 bridgehead atoms. The van der Waals surface area contributed by atoms with Gasteiger partial charge in [-0.15, -0.1) is 0 Å². The van der Waals surface area contributed by atoms with Crippen molar-refractivity contribution in [3.8, 4) is 5.75 Å². The van der Waals surface area contributed by atoms with Crippen molar-refractivity contribution >= 4 is 22.0 Å². The van der Waals surface area contributed by atoms with Gasteiger partial charge in [0.2, 0.25) is 15.9 Å². The molecule has 2 saturated heterocycles. The van der Waals surface area contributed by atoms with Gasteiger partial charge in [0.25, 0.3) is 0 Å². The van der Waals surface area contributed by atoms with Crippen molar-refractivity contribution in [1.29, 1.82) is 0 Å². The maximum atomic E-state index is 12.8. The molecule has 28 heavy (non-hydrogen) atoms. The first-order valence-electron chi connectivity index (χ1n) is 9.30. The molecular formula is C18H26N4O5S. The molecule has 154 valence electrons. The van der Waals surface area contributed by atoms with E-state index in [0.717, 1.165) is 6.42 Å².